The lowest BCUT2D eigenvalue weighted by molar-refractivity contribution is 0.414. The standard InChI is InChI=1S/C32H36BrNO3/c1-31(2,3)27-16-22(17-28(29(27)35)32(4,5)6)26(20-10-14-24(36-7)15-11-20)18-25-19-34-30(37-25)21-8-12-23(33)13-9-21/h8-17,19,26,35H,18H2,1-7H3/t26-/m1/s1. The zero-order chi connectivity index (χ0) is 27.0. The first kappa shape index (κ1) is 27.0. The topological polar surface area (TPSA) is 55.5 Å². The average molecular weight is 563 g/mol. The second-order valence-electron chi connectivity index (χ2n) is 11.6. The van der Waals surface area contributed by atoms with Crippen LogP contribution in [0.5, 0.6) is 11.5 Å². The van der Waals surface area contributed by atoms with E-state index in [1.54, 1.807) is 7.11 Å². The van der Waals surface area contributed by atoms with Crippen LogP contribution in [0.2, 0.25) is 0 Å². The van der Waals surface area contributed by atoms with E-state index in [9.17, 15) is 5.11 Å². The molecule has 0 radical (unpaired) electrons. The number of aromatic hydroxyl groups is 1. The van der Waals surface area contributed by atoms with Gasteiger partial charge in [-0.3, -0.25) is 0 Å². The number of phenolic OH excluding ortho intramolecular Hbond substituents is 1. The highest BCUT2D eigenvalue weighted by Gasteiger charge is 2.29. The minimum atomic E-state index is -0.217. The molecule has 0 bridgehead atoms. The highest BCUT2D eigenvalue weighted by molar-refractivity contribution is 9.10. The van der Waals surface area contributed by atoms with Crippen LogP contribution in [0.25, 0.3) is 11.5 Å². The van der Waals surface area contributed by atoms with Gasteiger partial charge in [0.15, 0.2) is 0 Å². The van der Waals surface area contributed by atoms with Crippen molar-refractivity contribution in [1.82, 2.24) is 4.98 Å². The lowest BCUT2D eigenvalue weighted by Crippen LogP contribution is -2.19. The summed E-state index contributed by atoms with van der Waals surface area (Å²) < 4.78 is 12.7. The Hall–Kier alpha value is -3.05. The first-order valence-electron chi connectivity index (χ1n) is 12.6. The van der Waals surface area contributed by atoms with E-state index in [1.807, 2.05) is 42.6 Å². The minimum Gasteiger partial charge on any atom is -0.507 e. The lowest BCUT2D eigenvalue weighted by atomic mass is 9.75. The van der Waals surface area contributed by atoms with Gasteiger partial charge in [-0.15, -0.1) is 0 Å². The average Bonchev–Trinajstić information content (AvgIpc) is 3.30. The maximum absolute atomic E-state index is 11.3. The molecule has 0 aliphatic heterocycles. The molecule has 1 atom stereocenters. The van der Waals surface area contributed by atoms with Gasteiger partial charge in [-0.05, 0) is 69.5 Å². The quantitative estimate of drug-likeness (QED) is 0.255. The van der Waals surface area contributed by atoms with Gasteiger partial charge < -0.3 is 14.3 Å². The normalized spacial score (nSPS) is 13.0. The van der Waals surface area contributed by atoms with Gasteiger partial charge in [-0.2, -0.15) is 0 Å². The SMILES string of the molecule is COc1ccc([C@@H](Cc2cnc(-c3ccc(Br)cc3)o2)c2cc(C(C)(C)C)c(O)c(C(C)(C)C)c2)cc1. The van der Waals surface area contributed by atoms with E-state index >= 15 is 0 Å². The summed E-state index contributed by atoms with van der Waals surface area (Å²) in [5.74, 6) is 2.61. The summed E-state index contributed by atoms with van der Waals surface area (Å²) in [4.78, 5) is 4.57. The summed E-state index contributed by atoms with van der Waals surface area (Å²) in [5.41, 5.74) is 4.68. The van der Waals surface area contributed by atoms with Crippen LogP contribution in [-0.4, -0.2) is 17.2 Å². The number of hydrogen-bond acceptors (Lipinski definition) is 4. The van der Waals surface area contributed by atoms with E-state index in [0.29, 0.717) is 18.1 Å². The molecule has 1 aromatic heterocycles. The molecule has 0 spiro atoms. The summed E-state index contributed by atoms with van der Waals surface area (Å²) in [7, 11) is 1.68. The van der Waals surface area contributed by atoms with Crippen LogP contribution in [0.3, 0.4) is 0 Å². The van der Waals surface area contributed by atoms with E-state index in [0.717, 1.165) is 43.8 Å². The van der Waals surface area contributed by atoms with Crippen molar-refractivity contribution in [3.05, 3.63) is 99.3 Å². The second kappa shape index (κ2) is 10.4. The van der Waals surface area contributed by atoms with Gasteiger partial charge in [0.05, 0.1) is 13.3 Å². The largest absolute Gasteiger partial charge is 0.507 e. The van der Waals surface area contributed by atoms with Crippen molar-refractivity contribution in [3.63, 3.8) is 0 Å². The van der Waals surface area contributed by atoms with Crippen molar-refractivity contribution < 1.29 is 14.3 Å². The Bertz CT molecular complexity index is 1320. The number of hydrogen-bond donors (Lipinski definition) is 1. The summed E-state index contributed by atoms with van der Waals surface area (Å²) in [6, 6.07) is 20.5. The van der Waals surface area contributed by atoms with Gasteiger partial charge in [-0.25, -0.2) is 4.98 Å². The molecule has 0 fully saturated rings. The number of benzene rings is 3. The van der Waals surface area contributed by atoms with Gasteiger partial charge in [-0.1, -0.05) is 81.7 Å². The van der Waals surface area contributed by atoms with Crippen LogP contribution in [0.4, 0.5) is 0 Å². The first-order chi connectivity index (χ1) is 17.4. The summed E-state index contributed by atoms with van der Waals surface area (Å²) in [6.45, 7) is 12.8. The molecular formula is C32H36BrNO3. The summed E-state index contributed by atoms with van der Waals surface area (Å²) in [5, 5.41) is 11.3. The van der Waals surface area contributed by atoms with Gasteiger partial charge in [0.25, 0.3) is 0 Å². The Morgan fingerprint density at radius 3 is 1.95 bits per heavy atom. The van der Waals surface area contributed by atoms with Gasteiger partial charge in [0, 0.05) is 22.4 Å². The Balaban J connectivity index is 1.83. The fraction of sp³-hybridized carbons (Fsp3) is 0.344. The fourth-order valence-electron chi connectivity index (χ4n) is 4.59. The van der Waals surface area contributed by atoms with Crippen molar-refractivity contribution in [2.45, 2.75) is 64.7 Å². The molecule has 0 amide bonds. The van der Waals surface area contributed by atoms with Crippen molar-refractivity contribution >= 4 is 15.9 Å². The molecule has 0 saturated heterocycles. The third-order valence-electron chi connectivity index (χ3n) is 6.72. The molecule has 3 aromatic carbocycles. The Labute approximate surface area is 228 Å². The Morgan fingerprint density at radius 1 is 0.865 bits per heavy atom. The molecule has 4 nitrogen and oxygen atoms in total. The van der Waals surface area contributed by atoms with Crippen LogP contribution >= 0.6 is 15.9 Å². The number of methoxy groups -OCH3 is 1. The van der Waals surface area contributed by atoms with E-state index in [2.05, 4.69) is 86.7 Å². The highest BCUT2D eigenvalue weighted by Crippen LogP contribution is 2.43. The Morgan fingerprint density at radius 2 is 1.43 bits per heavy atom. The van der Waals surface area contributed by atoms with Gasteiger partial charge in [0.2, 0.25) is 5.89 Å². The van der Waals surface area contributed by atoms with Gasteiger partial charge >= 0.3 is 0 Å². The molecule has 4 rings (SSSR count). The van der Waals surface area contributed by atoms with Crippen LogP contribution < -0.4 is 4.74 Å². The van der Waals surface area contributed by atoms with Crippen molar-refractivity contribution in [3.8, 4) is 23.0 Å². The second-order valence-corrected chi connectivity index (χ2v) is 12.5. The predicted molar refractivity (Wildman–Crippen MR) is 154 cm³/mol. The molecule has 0 aliphatic carbocycles. The highest BCUT2D eigenvalue weighted by atomic mass is 79.9. The maximum atomic E-state index is 11.3. The number of oxazole rings is 1. The third-order valence-corrected chi connectivity index (χ3v) is 7.25. The van der Waals surface area contributed by atoms with Crippen molar-refractivity contribution in [2.75, 3.05) is 7.11 Å². The van der Waals surface area contributed by atoms with E-state index in [1.165, 1.54) is 0 Å². The Kier molecular flexibility index (Phi) is 7.57. The smallest absolute Gasteiger partial charge is 0.226 e. The number of halogens is 1. The van der Waals surface area contributed by atoms with Crippen LogP contribution in [0.15, 0.2) is 75.8 Å². The first-order valence-corrected chi connectivity index (χ1v) is 13.4. The van der Waals surface area contributed by atoms with Crippen molar-refractivity contribution in [2.24, 2.45) is 0 Å². The summed E-state index contributed by atoms with van der Waals surface area (Å²) in [6.07, 6.45) is 2.46. The molecule has 37 heavy (non-hydrogen) atoms. The molecular weight excluding hydrogens is 526 g/mol. The molecule has 0 saturated carbocycles. The third kappa shape index (κ3) is 6.10. The number of nitrogens with zero attached hydrogens (tertiary/aromatic N) is 1. The van der Waals surface area contributed by atoms with E-state index in [-0.39, 0.29) is 16.7 Å². The van der Waals surface area contributed by atoms with Crippen LogP contribution in [-0.2, 0) is 17.3 Å². The maximum Gasteiger partial charge on any atom is 0.226 e. The van der Waals surface area contributed by atoms with Crippen LogP contribution in [0, 0.1) is 0 Å². The molecule has 0 aliphatic rings. The lowest BCUT2D eigenvalue weighted by Gasteiger charge is -2.30. The zero-order valence-electron chi connectivity index (χ0n) is 22.7. The molecule has 5 heteroatoms. The minimum absolute atomic E-state index is 0.000533. The number of rotatable bonds is 6. The number of aromatic nitrogens is 1. The molecule has 194 valence electrons. The van der Waals surface area contributed by atoms with Gasteiger partial charge in [0.1, 0.15) is 17.3 Å². The number of phenols is 1. The molecule has 4 aromatic rings. The molecule has 1 N–H and O–H groups in total. The molecule has 0 unspecified atom stereocenters. The fourth-order valence-corrected chi connectivity index (χ4v) is 4.86. The summed E-state index contributed by atoms with van der Waals surface area (Å²) >= 11 is 3.48. The zero-order valence-corrected chi connectivity index (χ0v) is 24.3. The van der Waals surface area contributed by atoms with Crippen LogP contribution in [0.1, 0.15) is 75.5 Å². The molecule has 1 heterocycles. The van der Waals surface area contributed by atoms with E-state index < -0.39 is 0 Å². The van der Waals surface area contributed by atoms with Crippen molar-refractivity contribution in [1.29, 1.82) is 0 Å². The number of ether oxygens (including phenoxy) is 1. The van der Waals surface area contributed by atoms with E-state index in [4.69, 9.17) is 9.15 Å². The monoisotopic (exact) mass is 561 g/mol. The predicted octanol–water partition coefficient (Wildman–Crippen LogP) is 8.79.